The van der Waals surface area contributed by atoms with Crippen LogP contribution in [-0.2, 0) is 4.79 Å². The molecule has 1 aromatic carbocycles. The number of amides is 1. The molecule has 1 saturated heterocycles. The van der Waals surface area contributed by atoms with Crippen LogP contribution in [-0.4, -0.2) is 41.3 Å². The number of phenolic OH excluding ortho intramolecular Hbond substituents is 1. The van der Waals surface area contributed by atoms with Gasteiger partial charge in [0, 0.05) is 18.7 Å². The fraction of sp³-hybridized carbons (Fsp3) is 0.333. The number of phenols is 1. The summed E-state index contributed by atoms with van der Waals surface area (Å²) in [6, 6.07) is 5.19. The predicted octanol–water partition coefficient (Wildman–Crippen LogP) is 2.47. The molecule has 2 heterocycles. The first-order valence-corrected chi connectivity index (χ1v) is 7.64. The van der Waals surface area contributed by atoms with Crippen LogP contribution in [0.5, 0.6) is 11.5 Å². The topological polar surface area (TPSA) is 62.1 Å². The van der Waals surface area contributed by atoms with Crippen molar-refractivity contribution in [1.82, 2.24) is 4.90 Å². The highest BCUT2D eigenvalue weighted by molar-refractivity contribution is 8.18. The van der Waals surface area contributed by atoms with Gasteiger partial charge in [0.05, 0.1) is 12.0 Å². The SMILES string of the molecule is COc1cccc(C=C2SC(N3CCCC3)=NC2=O)c1O. The van der Waals surface area contributed by atoms with Crippen LogP contribution < -0.4 is 4.74 Å². The van der Waals surface area contributed by atoms with Gasteiger partial charge in [-0.25, -0.2) is 0 Å². The van der Waals surface area contributed by atoms with Gasteiger partial charge >= 0.3 is 0 Å². The molecule has 1 N–H and O–H groups in total. The fourth-order valence-electron chi connectivity index (χ4n) is 2.40. The van der Waals surface area contributed by atoms with Crippen LogP contribution in [0, 0.1) is 0 Å². The van der Waals surface area contributed by atoms with E-state index in [1.54, 1.807) is 24.3 Å². The summed E-state index contributed by atoms with van der Waals surface area (Å²) >= 11 is 1.37. The van der Waals surface area contributed by atoms with Gasteiger partial charge in [-0.3, -0.25) is 4.79 Å². The normalized spacial score (nSPS) is 20.2. The molecule has 1 aromatic rings. The maximum absolute atomic E-state index is 12.0. The summed E-state index contributed by atoms with van der Waals surface area (Å²) in [5, 5.41) is 10.8. The van der Waals surface area contributed by atoms with Crippen molar-refractivity contribution in [3.8, 4) is 11.5 Å². The van der Waals surface area contributed by atoms with Gasteiger partial charge in [-0.2, -0.15) is 4.99 Å². The maximum atomic E-state index is 12.0. The van der Waals surface area contributed by atoms with Crippen molar-refractivity contribution in [2.75, 3.05) is 20.2 Å². The molecule has 0 saturated carbocycles. The Kier molecular flexibility index (Phi) is 3.88. The van der Waals surface area contributed by atoms with Crippen molar-refractivity contribution in [3.63, 3.8) is 0 Å². The Morgan fingerprint density at radius 2 is 2.14 bits per heavy atom. The van der Waals surface area contributed by atoms with E-state index in [0.29, 0.717) is 16.2 Å². The molecule has 2 aliphatic rings. The van der Waals surface area contributed by atoms with Gasteiger partial charge in [0.2, 0.25) is 0 Å². The molecule has 5 nitrogen and oxygen atoms in total. The van der Waals surface area contributed by atoms with Gasteiger partial charge in [-0.05, 0) is 36.7 Å². The fourth-order valence-corrected chi connectivity index (χ4v) is 3.36. The molecule has 0 unspecified atom stereocenters. The van der Waals surface area contributed by atoms with E-state index < -0.39 is 0 Å². The Bertz CT molecular complexity index is 634. The maximum Gasteiger partial charge on any atom is 0.286 e. The number of likely N-dealkylation sites (tertiary alicyclic amines) is 1. The van der Waals surface area contributed by atoms with E-state index in [2.05, 4.69) is 9.89 Å². The molecule has 1 fully saturated rings. The predicted molar refractivity (Wildman–Crippen MR) is 83.5 cm³/mol. The summed E-state index contributed by atoms with van der Waals surface area (Å²) in [4.78, 5) is 18.8. The number of aromatic hydroxyl groups is 1. The van der Waals surface area contributed by atoms with Crippen LogP contribution in [0.25, 0.3) is 6.08 Å². The van der Waals surface area contributed by atoms with Gasteiger partial charge < -0.3 is 14.7 Å². The third-order valence-electron chi connectivity index (χ3n) is 3.52. The molecule has 0 spiro atoms. The lowest BCUT2D eigenvalue weighted by atomic mass is 10.1. The number of thioether (sulfide) groups is 1. The number of ether oxygens (including phenoxy) is 1. The van der Waals surface area contributed by atoms with E-state index in [1.165, 1.54) is 18.9 Å². The Morgan fingerprint density at radius 3 is 2.86 bits per heavy atom. The van der Waals surface area contributed by atoms with Crippen molar-refractivity contribution in [3.05, 3.63) is 28.7 Å². The first kappa shape index (κ1) is 14.0. The van der Waals surface area contributed by atoms with Crippen LogP contribution in [0.3, 0.4) is 0 Å². The van der Waals surface area contributed by atoms with Crippen LogP contribution in [0.4, 0.5) is 0 Å². The minimum absolute atomic E-state index is 0.0375. The second kappa shape index (κ2) is 5.81. The quantitative estimate of drug-likeness (QED) is 0.850. The Hall–Kier alpha value is -1.95. The number of amidine groups is 1. The number of methoxy groups -OCH3 is 1. The molecule has 3 rings (SSSR count). The molecule has 0 aliphatic carbocycles. The summed E-state index contributed by atoms with van der Waals surface area (Å²) in [7, 11) is 1.50. The molecule has 0 bridgehead atoms. The summed E-state index contributed by atoms with van der Waals surface area (Å²) in [6.45, 7) is 1.91. The first-order chi connectivity index (χ1) is 10.2. The molecule has 21 heavy (non-hydrogen) atoms. The van der Waals surface area contributed by atoms with Gasteiger partial charge in [0.25, 0.3) is 5.91 Å². The number of hydrogen-bond donors (Lipinski definition) is 1. The van der Waals surface area contributed by atoms with E-state index in [9.17, 15) is 9.90 Å². The summed E-state index contributed by atoms with van der Waals surface area (Å²) < 4.78 is 5.07. The van der Waals surface area contributed by atoms with E-state index in [1.807, 2.05) is 0 Å². The van der Waals surface area contributed by atoms with Crippen LogP contribution >= 0.6 is 11.8 Å². The molecule has 0 radical (unpaired) electrons. The van der Waals surface area contributed by atoms with Crippen molar-refractivity contribution in [2.45, 2.75) is 12.8 Å². The number of rotatable bonds is 2. The number of benzene rings is 1. The number of para-hydroxylation sites is 1. The lowest BCUT2D eigenvalue weighted by Gasteiger charge is -2.14. The van der Waals surface area contributed by atoms with E-state index in [4.69, 9.17) is 4.74 Å². The van der Waals surface area contributed by atoms with Gasteiger partial charge in [-0.15, -0.1) is 0 Å². The zero-order chi connectivity index (χ0) is 14.8. The standard InChI is InChI=1S/C15H16N2O3S/c1-20-11-6-4-5-10(13(11)18)9-12-14(19)16-15(21-12)17-7-2-3-8-17/h4-6,9,18H,2-3,7-8H2,1H3. The molecule has 110 valence electrons. The largest absolute Gasteiger partial charge is 0.504 e. The minimum atomic E-state index is -0.246. The smallest absolute Gasteiger partial charge is 0.286 e. The summed E-state index contributed by atoms with van der Waals surface area (Å²) in [6.07, 6.45) is 3.95. The van der Waals surface area contributed by atoms with Crippen LogP contribution in [0.15, 0.2) is 28.1 Å². The van der Waals surface area contributed by atoms with Crippen molar-refractivity contribution >= 4 is 28.9 Å². The van der Waals surface area contributed by atoms with Gasteiger partial charge in [-0.1, -0.05) is 12.1 Å². The third kappa shape index (κ3) is 2.76. The zero-order valence-electron chi connectivity index (χ0n) is 11.7. The Balaban J connectivity index is 1.84. The average molecular weight is 304 g/mol. The monoisotopic (exact) mass is 304 g/mol. The molecular weight excluding hydrogens is 288 g/mol. The number of nitrogens with zero attached hydrogens (tertiary/aromatic N) is 2. The summed E-state index contributed by atoms with van der Waals surface area (Å²) in [5.41, 5.74) is 0.558. The molecule has 2 aliphatic heterocycles. The number of carbonyl (C=O) groups excluding carboxylic acids is 1. The van der Waals surface area contributed by atoms with Gasteiger partial charge in [0.15, 0.2) is 16.7 Å². The van der Waals surface area contributed by atoms with Crippen molar-refractivity contribution in [1.29, 1.82) is 0 Å². The Labute approximate surface area is 127 Å². The molecule has 6 heteroatoms. The number of aliphatic imine (C=N–C) groups is 1. The molecule has 0 atom stereocenters. The zero-order valence-corrected chi connectivity index (χ0v) is 12.5. The van der Waals surface area contributed by atoms with Crippen molar-refractivity contribution in [2.24, 2.45) is 4.99 Å². The molecule has 0 aromatic heterocycles. The highest BCUT2D eigenvalue weighted by Crippen LogP contribution is 2.36. The first-order valence-electron chi connectivity index (χ1n) is 6.82. The second-order valence-corrected chi connectivity index (χ2v) is 5.91. The average Bonchev–Trinajstić information content (AvgIpc) is 3.11. The highest BCUT2D eigenvalue weighted by Gasteiger charge is 2.27. The number of carbonyl (C=O) groups is 1. The third-order valence-corrected chi connectivity index (χ3v) is 4.57. The molecular formula is C15H16N2O3S. The van der Waals surface area contributed by atoms with Gasteiger partial charge in [0.1, 0.15) is 0 Å². The highest BCUT2D eigenvalue weighted by atomic mass is 32.2. The lowest BCUT2D eigenvalue weighted by molar-refractivity contribution is -0.113. The Morgan fingerprint density at radius 1 is 1.38 bits per heavy atom. The lowest BCUT2D eigenvalue weighted by Crippen LogP contribution is -2.23. The second-order valence-electron chi connectivity index (χ2n) is 4.90. The van der Waals surface area contributed by atoms with E-state index in [-0.39, 0.29) is 11.7 Å². The van der Waals surface area contributed by atoms with E-state index in [0.717, 1.165) is 31.1 Å². The van der Waals surface area contributed by atoms with Crippen LogP contribution in [0.2, 0.25) is 0 Å². The number of hydrogen-bond acceptors (Lipinski definition) is 5. The summed E-state index contributed by atoms with van der Waals surface area (Å²) in [5.74, 6) is 0.181. The van der Waals surface area contributed by atoms with Crippen molar-refractivity contribution < 1.29 is 14.6 Å². The minimum Gasteiger partial charge on any atom is -0.504 e. The van der Waals surface area contributed by atoms with E-state index >= 15 is 0 Å². The molecule has 1 amide bonds. The van der Waals surface area contributed by atoms with Crippen LogP contribution in [0.1, 0.15) is 18.4 Å².